The van der Waals surface area contributed by atoms with Crippen molar-refractivity contribution in [2.45, 2.75) is 30.1 Å². The summed E-state index contributed by atoms with van der Waals surface area (Å²) in [5.41, 5.74) is 6.34. The van der Waals surface area contributed by atoms with Crippen LogP contribution in [-0.4, -0.2) is 92.9 Å². The van der Waals surface area contributed by atoms with Crippen LogP contribution in [0.3, 0.4) is 0 Å². The smallest absolute Gasteiger partial charge is 0.164 e. The van der Waals surface area contributed by atoms with Gasteiger partial charge in [-0.25, -0.2) is 9.97 Å². The number of anilines is 1. The van der Waals surface area contributed by atoms with Crippen LogP contribution >= 0.6 is 0 Å². The molecule has 0 radical (unpaired) electrons. The van der Waals surface area contributed by atoms with E-state index in [1.165, 1.54) is 6.33 Å². The highest BCUT2D eigenvalue weighted by atomic mass is 16.6. The lowest BCUT2D eigenvalue weighted by atomic mass is 9.94. The maximum Gasteiger partial charge on any atom is 0.164 e. The molecule has 5 N–H and O–H groups in total. The van der Waals surface area contributed by atoms with Gasteiger partial charge in [-0.1, -0.05) is 0 Å². The van der Waals surface area contributed by atoms with Gasteiger partial charge in [-0.3, -0.25) is 4.90 Å². The van der Waals surface area contributed by atoms with Gasteiger partial charge in [-0.2, -0.15) is 0 Å². The minimum atomic E-state index is -1.05. The highest BCUT2D eigenvalue weighted by molar-refractivity contribution is 5.86. The summed E-state index contributed by atoms with van der Waals surface area (Å²) in [6, 6.07) is 1.79. The van der Waals surface area contributed by atoms with E-state index in [0.29, 0.717) is 30.0 Å². The van der Waals surface area contributed by atoms with Gasteiger partial charge in [0, 0.05) is 38.9 Å². The van der Waals surface area contributed by atoms with E-state index in [1.807, 2.05) is 0 Å². The fourth-order valence-electron chi connectivity index (χ4n) is 4.26. The molecule has 5 heterocycles. The van der Waals surface area contributed by atoms with Gasteiger partial charge in [-0.15, -0.1) is 0 Å². The van der Waals surface area contributed by atoms with Gasteiger partial charge in [0.2, 0.25) is 0 Å². The van der Waals surface area contributed by atoms with Crippen LogP contribution in [0.1, 0.15) is 6.23 Å². The largest absolute Gasteiger partial charge is 0.387 e. The third-order valence-corrected chi connectivity index (χ3v) is 5.81. The van der Waals surface area contributed by atoms with Crippen LogP contribution in [-0.2, 0) is 9.47 Å². The molecule has 1 spiro atoms. The normalized spacial score (nSPS) is 33.6. The number of ether oxygens (including phenoxy) is 2. The Labute approximate surface area is 155 Å². The number of aliphatic hydroxyl groups is 2. The van der Waals surface area contributed by atoms with Crippen LogP contribution in [0.5, 0.6) is 0 Å². The molecule has 0 amide bonds. The van der Waals surface area contributed by atoms with Gasteiger partial charge in [0.05, 0.1) is 12.0 Å². The van der Waals surface area contributed by atoms with E-state index in [9.17, 15) is 10.2 Å². The quantitative estimate of drug-likeness (QED) is 0.495. The van der Waals surface area contributed by atoms with Crippen molar-refractivity contribution in [2.24, 2.45) is 0 Å². The molecule has 146 valence electrons. The Bertz CT molecular complexity index is 840. The molecule has 3 aliphatic rings. The molecular weight excluding hydrogens is 352 g/mol. The van der Waals surface area contributed by atoms with Crippen molar-refractivity contribution < 1.29 is 19.7 Å². The lowest BCUT2D eigenvalue weighted by Gasteiger charge is -2.49. The number of hydrogen-bond donors (Lipinski definition) is 4. The highest BCUT2D eigenvalue weighted by Crippen LogP contribution is 2.33. The van der Waals surface area contributed by atoms with E-state index in [1.54, 1.807) is 16.8 Å². The second-order valence-electron chi connectivity index (χ2n) is 7.64. The third kappa shape index (κ3) is 2.80. The second-order valence-corrected chi connectivity index (χ2v) is 7.64. The summed E-state index contributed by atoms with van der Waals surface area (Å²) in [4.78, 5) is 10.5. The van der Waals surface area contributed by atoms with Gasteiger partial charge in [0.1, 0.15) is 41.7 Å². The molecule has 3 aliphatic heterocycles. The number of morpholine rings is 1. The van der Waals surface area contributed by atoms with E-state index in [2.05, 4.69) is 20.2 Å². The summed E-state index contributed by atoms with van der Waals surface area (Å²) in [5.74, 6) is 0.371. The van der Waals surface area contributed by atoms with E-state index in [-0.39, 0.29) is 5.60 Å². The van der Waals surface area contributed by atoms with Crippen LogP contribution < -0.4 is 11.1 Å². The lowest BCUT2D eigenvalue weighted by Crippen LogP contribution is -2.69. The molecule has 0 unspecified atom stereocenters. The van der Waals surface area contributed by atoms with Gasteiger partial charge in [-0.05, 0) is 6.07 Å². The van der Waals surface area contributed by atoms with Crippen molar-refractivity contribution in [1.82, 2.24) is 24.8 Å². The molecular formula is C17H24N6O4. The predicted octanol–water partition coefficient (Wildman–Crippen LogP) is -1.69. The van der Waals surface area contributed by atoms with Gasteiger partial charge < -0.3 is 35.3 Å². The molecule has 0 saturated carbocycles. The average molecular weight is 376 g/mol. The summed E-state index contributed by atoms with van der Waals surface area (Å²) < 4.78 is 13.7. The summed E-state index contributed by atoms with van der Waals surface area (Å²) in [7, 11) is 0. The number of nitrogen functional groups attached to an aromatic ring is 1. The lowest BCUT2D eigenvalue weighted by molar-refractivity contribution is -0.145. The molecule has 2 aromatic rings. The Hall–Kier alpha value is -1.82. The van der Waals surface area contributed by atoms with E-state index < -0.39 is 24.5 Å². The Morgan fingerprint density at radius 3 is 2.93 bits per heavy atom. The van der Waals surface area contributed by atoms with Crippen molar-refractivity contribution in [2.75, 3.05) is 45.1 Å². The van der Waals surface area contributed by atoms with Crippen molar-refractivity contribution in [3.8, 4) is 0 Å². The Morgan fingerprint density at radius 2 is 2.15 bits per heavy atom. The summed E-state index contributed by atoms with van der Waals surface area (Å²) in [5, 5.41) is 25.1. The second kappa shape index (κ2) is 6.36. The number of nitrogens with zero attached hydrogens (tertiary/aromatic N) is 4. The number of fused-ring (bicyclic) bond motifs is 1. The van der Waals surface area contributed by atoms with Crippen LogP contribution in [0, 0.1) is 0 Å². The minimum Gasteiger partial charge on any atom is -0.387 e. The maximum atomic E-state index is 10.6. The van der Waals surface area contributed by atoms with Crippen LogP contribution in [0.2, 0.25) is 0 Å². The number of rotatable bonds is 3. The highest BCUT2D eigenvalue weighted by Gasteiger charge is 2.47. The van der Waals surface area contributed by atoms with Crippen molar-refractivity contribution in [1.29, 1.82) is 0 Å². The average Bonchev–Trinajstić information content (AvgIpc) is 3.18. The number of nitrogens with one attached hydrogen (secondary N) is 1. The Morgan fingerprint density at radius 1 is 1.30 bits per heavy atom. The molecule has 10 nitrogen and oxygen atoms in total. The molecule has 0 aliphatic carbocycles. The standard InChI is InChI=1S/C17H24N6O4/c18-14-10-1-2-23(15(10)21-9-20-14)16-13(25)12(24)11(27-16)5-22-3-4-26-17(8-22)6-19-7-17/h1-2,9,11-13,16,19,24-25H,3-8H2,(H2,18,20,21)/t11-,12-,13-,16-/m1/s1. The number of nitrogens with two attached hydrogens (primary N) is 1. The molecule has 3 fully saturated rings. The van der Waals surface area contributed by atoms with Gasteiger partial charge in [0.15, 0.2) is 6.23 Å². The first kappa shape index (κ1) is 17.3. The molecule has 27 heavy (non-hydrogen) atoms. The van der Waals surface area contributed by atoms with E-state index in [0.717, 1.165) is 26.2 Å². The van der Waals surface area contributed by atoms with Crippen molar-refractivity contribution in [3.63, 3.8) is 0 Å². The summed E-state index contributed by atoms with van der Waals surface area (Å²) in [6.07, 6.45) is -0.125. The van der Waals surface area contributed by atoms with Gasteiger partial charge >= 0.3 is 0 Å². The van der Waals surface area contributed by atoms with Gasteiger partial charge in [0.25, 0.3) is 0 Å². The van der Waals surface area contributed by atoms with Crippen molar-refractivity contribution >= 4 is 16.9 Å². The number of aromatic nitrogens is 3. The first-order chi connectivity index (χ1) is 13.1. The first-order valence-corrected chi connectivity index (χ1v) is 9.22. The minimum absolute atomic E-state index is 0.120. The first-order valence-electron chi connectivity index (χ1n) is 9.22. The molecule has 5 rings (SSSR count). The zero-order valence-electron chi connectivity index (χ0n) is 14.9. The summed E-state index contributed by atoms with van der Waals surface area (Å²) >= 11 is 0. The SMILES string of the molecule is Nc1ncnc2c1ccn2[C@@H]1O[C@H](CN2CCOC3(CNC3)C2)[C@@H](O)[C@H]1O. The molecule has 10 heteroatoms. The van der Waals surface area contributed by atoms with E-state index >= 15 is 0 Å². The fourth-order valence-corrected chi connectivity index (χ4v) is 4.26. The van der Waals surface area contributed by atoms with Crippen LogP contribution in [0.4, 0.5) is 5.82 Å². The van der Waals surface area contributed by atoms with Crippen molar-refractivity contribution in [3.05, 3.63) is 18.6 Å². The maximum absolute atomic E-state index is 10.6. The molecule has 0 aromatic carbocycles. The summed E-state index contributed by atoms with van der Waals surface area (Å²) in [6.45, 7) is 4.47. The molecule has 0 bridgehead atoms. The fraction of sp³-hybridized carbons (Fsp3) is 0.647. The zero-order valence-corrected chi connectivity index (χ0v) is 14.9. The Kier molecular flexibility index (Phi) is 4.08. The molecule has 2 aromatic heterocycles. The van der Waals surface area contributed by atoms with E-state index in [4.69, 9.17) is 15.2 Å². The monoisotopic (exact) mass is 376 g/mol. The van der Waals surface area contributed by atoms with Crippen LogP contribution in [0.25, 0.3) is 11.0 Å². The topological polar surface area (TPSA) is 131 Å². The number of hydrogen-bond acceptors (Lipinski definition) is 9. The molecule has 3 saturated heterocycles. The molecule has 4 atom stereocenters. The zero-order chi connectivity index (χ0) is 18.6. The Balaban J connectivity index is 1.34. The third-order valence-electron chi connectivity index (χ3n) is 5.81. The predicted molar refractivity (Wildman–Crippen MR) is 95.9 cm³/mol. The van der Waals surface area contributed by atoms with Crippen LogP contribution in [0.15, 0.2) is 18.6 Å². The number of aliphatic hydroxyl groups excluding tert-OH is 2.